The number of aliphatic imine (C=N–C) groups is 1. The van der Waals surface area contributed by atoms with Crippen LogP contribution in [0.3, 0.4) is 0 Å². The average Bonchev–Trinajstić information content (AvgIpc) is 2.35. The molecule has 1 N–H and O–H groups in total. The van der Waals surface area contributed by atoms with Crippen molar-refractivity contribution in [1.82, 2.24) is 0 Å². The fourth-order valence-electron chi connectivity index (χ4n) is 1.78. The summed E-state index contributed by atoms with van der Waals surface area (Å²) in [6.07, 6.45) is 1.79. The van der Waals surface area contributed by atoms with Gasteiger partial charge in [0.15, 0.2) is 16.8 Å². The zero-order valence-corrected chi connectivity index (χ0v) is 11.6. The molecule has 0 amide bonds. The summed E-state index contributed by atoms with van der Waals surface area (Å²) in [4.78, 5) is 4.48. The number of benzene rings is 1. The van der Waals surface area contributed by atoms with E-state index in [9.17, 15) is 13.2 Å². The lowest BCUT2D eigenvalue weighted by atomic mass is 9.97. The van der Waals surface area contributed by atoms with E-state index in [0.29, 0.717) is 11.2 Å². The van der Waals surface area contributed by atoms with Gasteiger partial charge in [-0.25, -0.2) is 13.2 Å². The van der Waals surface area contributed by atoms with Crippen LogP contribution in [0.5, 0.6) is 0 Å². The SMILES string of the molecule is CCC1(C)CCSC(Nc2cc(F)cc(F)c2F)=N1. The van der Waals surface area contributed by atoms with Crippen LogP contribution in [0.4, 0.5) is 18.9 Å². The quantitative estimate of drug-likeness (QED) is 0.826. The molecule has 1 heterocycles. The van der Waals surface area contributed by atoms with Crippen LogP contribution in [0.1, 0.15) is 26.7 Å². The third-order valence-electron chi connectivity index (χ3n) is 3.25. The Morgan fingerprint density at radius 1 is 1.37 bits per heavy atom. The average molecular weight is 288 g/mol. The molecule has 2 nitrogen and oxygen atoms in total. The van der Waals surface area contributed by atoms with E-state index in [1.807, 2.05) is 13.8 Å². The van der Waals surface area contributed by atoms with Crippen LogP contribution in [0.25, 0.3) is 0 Å². The second-order valence-corrected chi connectivity index (χ2v) is 5.82. The fourth-order valence-corrected chi connectivity index (χ4v) is 2.99. The van der Waals surface area contributed by atoms with E-state index < -0.39 is 17.5 Å². The minimum absolute atomic E-state index is 0.198. The summed E-state index contributed by atoms with van der Waals surface area (Å²) in [6, 6.07) is 1.45. The van der Waals surface area contributed by atoms with E-state index in [1.165, 1.54) is 11.8 Å². The first-order valence-electron chi connectivity index (χ1n) is 6.08. The van der Waals surface area contributed by atoms with Crippen LogP contribution in [0.2, 0.25) is 0 Å². The first-order chi connectivity index (χ1) is 8.93. The van der Waals surface area contributed by atoms with Gasteiger partial charge in [0, 0.05) is 17.9 Å². The third kappa shape index (κ3) is 3.23. The first kappa shape index (κ1) is 14.2. The second-order valence-electron chi connectivity index (χ2n) is 4.74. The molecule has 0 bridgehead atoms. The molecule has 1 aliphatic rings. The number of nitrogens with one attached hydrogen (secondary N) is 1. The highest BCUT2D eigenvalue weighted by Gasteiger charge is 2.26. The molecule has 1 unspecified atom stereocenters. The lowest BCUT2D eigenvalue weighted by molar-refractivity contribution is 0.443. The monoisotopic (exact) mass is 288 g/mol. The molecule has 0 fully saturated rings. The number of hydrogen-bond acceptors (Lipinski definition) is 3. The number of nitrogens with zero attached hydrogens (tertiary/aromatic N) is 1. The molecule has 0 saturated heterocycles. The predicted molar refractivity (Wildman–Crippen MR) is 73.1 cm³/mol. The maximum Gasteiger partial charge on any atom is 0.182 e. The van der Waals surface area contributed by atoms with Crippen molar-refractivity contribution >= 4 is 22.6 Å². The zero-order chi connectivity index (χ0) is 14.0. The Bertz CT molecular complexity index is 519. The lowest BCUT2D eigenvalue weighted by Crippen LogP contribution is -2.29. The van der Waals surface area contributed by atoms with Crippen LogP contribution in [0.15, 0.2) is 17.1 Å². The molecule has 1 aromatic carbocycles. The second kappa shape index (κ2) is 5.45. The predicted octanol–water partition coefficient (Wildman–Crippen LogP) is 4.18. The van der Waals surface area contributed by atoms with Gasteiger partial charge < -0.3 is 5.32 Å². The summed E-state index contributed by atoms with van der Waals surface area (Å²) in [5.41, 5.74) is -0.417. The number of rotatable bonds is 2. The minimum Gasteiger partial charge on any atom is -0.332 e. The van der Waals surface area contributed by atoms with Gasteiger partial charge in [-0.1, -0.05) is 18.7 Å². The molecule has 0 aliphatic carbocycles. The van der Waals surface area contributed by atoms with Crippen LogP contribution in [-0.2, 0) is 0 Å². The van der Waals surface area contributed by atoms with Crippen molar-refractivity contribution < 1.29 is 13.2 Å². The number of amidine groups is 1. The summed E-state index contributed by atoms with van der Waals surface area (Å²) in [5, 5.41) is 3.18. The largest absolute Gasteiger partial charge is 0.332 e. The van der Waals surface area contributed by atoms with Gasteiger partial charge in [-0.05, 0) is 19.8 Å². The Labute approximate surface area is 114 Å². The molecule has 19 heavy (non-hydrogen) atoms. The Kier molecular flexibility index (Phi) is 4.08. The van der Waals surface area contributed by atoms with Gasteiger partial charge in [-0.3, -0.25) is 4.99 Å². The number of thioether (sulfide) groups is 1. The van der Waals surface area contributed by atoms with Crippen LogP contribution >= 0.6 is 11.8 Å². The van der Waals surface area contributed by atoms with Gasteiger partial charge in [0.1, 0.15) is 5.82 Å². The van der Waals surface area contributed by atoms with Crippen molar-refractivity contribution in [2.45, 2.75) is 32.2 Å². The first-order valence-corrected chi connectivity index (χ1v) is 7.06. The number of halogens is 3. The molecule has 0 saturated carbocycles. The Morgan fingerprint density at radius 3 is 2.79 bits per heavy atom. The lowest BCUT2D eigenvalue weighted by Gasteiger charge is -2.29. The number of hydrogen-bond donors (Lipinski definition) is 1. The summed E-state index contributed by atoms with van der Waals surface area (Å²) in [7, 11) is 0. The maximum absolute atomic E-state index is 13.5. The molecule has 1 atom stereocenters. The van der Waals surface area contributed by atoms with Crippen molar-refractivity contribution in [3.05, 3.63) is 29.6 Å². The topological polar surface area (TPSA) is 24.4 Å². The van der Waals surface area contributed by atoms with E-state index in [0.717, 1.165) is 24.7 Å². The van der Waals surface area contributed by atoms with Crippen molar-refractivity contribution in [1.29, 1.82) is 0 Å². The highest BCUT2D eigenvalue weighted by atomic mass is 32.2. The normalized spacial score (nSPS) is 23.1. The maximum atomic E-state index is 13.5. The van der Waals surface area contributed by atoms with Gasteiger partial charge in [-0.2, -0.15) is 0 Å². The Morgan fingerprint density at radius 2 is 2.11 bits per heavy atom. The van der Waals surface area contributed by atoms with Gasteiger partial charge in [-0.15, -0.1) is 0 Å². The summed E-state index contributed by atoms with van der Waals surface area (Å²) in [5.74, 6) is -2.27. The Hall–Kier alpha value is -1.17. The molecule has 0 spiro atoms. The summed E-state index contributed by atoms with van der Waals surface area (Å²) >= 11 is 1.42. The highest BCUT2D eigenvalue weighted by Crippen LogP contribution is 2.30. The Balaban J connectivity index is 2.26. The van der Waals surface area contributed by atoms with Crippen LogP contribution < -0.4 is 5.32 Å². The molecule has 1 aromatic rings. The van der Waals surface area contributed by atoms with Gasteiger partial charge >= 0.3 is 0 Å². The highest BCUT2D eigenvalue weighted by molar-refractivity contribution is 8.14. The van der Waals surface area contributed by atoms with Gasteiger partial charge in [0.05, 0.1) is 11.2 Å². The standard InChI is InChI=1S/C13H15F3N2S/c1-3-13(2)4-5-19-12(18-13)17-10-7-8(14)6-9(15)11(10)16/h6-7H,3-5H2,1-2H3,(H,17,18). The van der Waals surface area contributed by atoms with Gasteiger partial charge in [0.2, 0.25) is 0 Å². The molecule has 104 valence electrons. The number of anilines is 1. The third-order valence-corrected chi connectivity index (χ3v) is 4.12. The van der Waals surface area contributed by atoms with Crippen LogP contribution in [-0.4, -0.2) is 16.5 Å². The molecule has 1 aliphatic heterocycles. The van der Waals surface area contributed by atoms with Gasteiger partial charge in [0.25, 0.3) is 0 Å². The van der Waals surface area contributed by atoms with E-state index in [2.05, 4.69) is 10.3 Å². The smallest absolute Gasteiger partial charge is 0.182 e. The zero-order valence-electron chi connectivity index (χ0n) is 10.8. The van der Waals surface area contributed by atoms with Crippen molar-refractivity contribution in [2.24, 2.45) is 4.99 Å². The fraction of sp³-hybridized carbons (Fsp3) is 0.462. The minimum atomic E-state index is -1.21. The van der Waals surface area contributed by atoms with E-state index in [4.69, 9.17) is 0 Å². The molecule has 0 aromatic heterocycles. The van der Waals surface area contributed by atoms with Crippen molar-refractivity contribution in [3.63, 3.8) is 0 Å². The van der Waals surface area contributed by atoms with E-state index in [-0.39, 0.29) is 11.2 Å². The molecule has 2 rings (SSSR count). The molecule has 6 heteroatoms. The van der Waals surface area contributed by atoms with E-state index >= 15 is 0 Å². The summed E-state index contributed by atoms with van der Waals surface area (Å²) in [6.45, 7) is 4.04. The van der Waals surface area contributed by atoms with Crippen molar-refractivity contribution in [2.75, 3.05) is 11.1 Å². The summed E-state index contributed by atoms with van der Waals surface area (Å²) < 4.78 is 39.7. The molecular formula is C13H15F3N2S. The van der Waals surface area contributed by atoms with Crippen molar-refractivity contribution in [3.8, 4) is 0 Å². The molecular weight excluding hydrogens is 273 g/mol. The van der Waals surface area contributed by atoms with Crippen LogP contribution in [0, 0.1) is 17.5 Å². The molecule has 0 radical (unpaired) electrons. The van der Waals surface area contributed by atoms with E-state index in [1.54, 1.807) is 0 Å².